The van der Waals surface area contributed by atoms with Gasteiger partial charge in [0.15, 0.2) is 0 Å². The molecule has 0 aliphatic heterocycles. The Balaban J connectivity index is 0.00000120. The first kappa shape index (κ1) is 12.4. The molecule has 2 heterocycles. The molecule has 0 atom stereocenters. The largest absolute Gasteiger partial charge is 0.388 e. The van der Waals surface area contributed by atoms with Gasteiger partial charge in [-0.05, 0) is 18.2 Å². The Bertz CT molecular complexity index is 630. The number of aromatic nitrogens is 3. The lowest BCUT2D eigenvalue weighted by Gasteiger charge is -2.05. The summed E-state index contributed by atoms with van der Waals surface area (Å²) in [7, 11) is 1.91. The van der Waals surface area contributed by atoms with E-state index in [9.17, 15) is 0 Å². The number of nitrogens with zero attached hydrogens (tertiary/aromatic N) is 2. The number of halogens is 1. The molecule has 2 N–H and O–H groups in total. The number of hydrogen-bond donors (Lipinski definition) is 2. The van der Waals surface area contributed by atoms with Crippen molar-refractivity contribution in [3.05, 3.63) is 42.7 Å². The van der Waals surface area contributed by atoms with E-state index in [4.69, 9.17) is 0 Å². The molecular formula is C13H13ClN4. The van der Waals surface area contributed by atoms with Crippen molar-refractivity contribution >= 4 is 29.1 Å². The molecule has 0 amide bonds. The van der Waals surface area contributed by atoms with E-state index in [-0.39, 0.29) is 12.4 Å². The van der Waals surface area contributed by atoms with Gasteiger partial charge in [-0.25, -0.2) is 4.98 Å². The number of fused-ring (bicyclic) bond motifs is 1. The minimum Gasteiger partial charge on any atom is -0.388 e. The van der Waals surface area contributed by atoms with Crippen molar-refractivity contribution in [1.82, 2.24) is 15.0 Å². The average molecular weight is 261 g/mol. The number of rotatable bonds is 2. The van der Waals surface area contributed by atoms with Gasteiger partial charge in [-0.1, -0.05) is 12.1 Å². The van der Waals surface area contributed by atoms with Gasteiger partial charge in [0.2, 0.25) is 0 Å². The van der Waals surface area contributed by atoms with E-state index < -0.39 is 0 Å². The molecule has 4 nitrogen and oxygen atoms in total. The molecule has 5 heteroatoms. The van der Waals surface area contributed by atoms with E-state index in [0.717, 1.165) is 28.1 Å². The normalized spacial score (nSPS) is 10.1. The number of nitrogens with one attached hydrogen (secondary N) is 2. The van der Waals surface area contributed by atoms with E-state index in [1.54, 1.807) is 12.4 Å². The Kier molecular flexibility index (Phi) is 3.48. The number of benzene rings is 1. The smallest absolute Gasteiger partial charge is 0.140 e. The van der Waals surface area contributed by atoms with E-state index >= 15 is 0 Å². The monoisotopic (exact) mass is 260 g/mol. The first-order chi connectivity index (χ1) is 8.38. The molecule has 18 heavy (non-hydrogen) atoms. The van der Waals surface area contributed by atoms with Crippen LogP contribution in [0.25, 0.3) is 22.4 Å². The number of aromatic amines is 1. The van der Waals surface area contributed by atoms with Crippen molar-refractivity contribution in [1.29, 1.82) is 0 Å². The summed E-state index contributed by atoms with van der Waals surface area (Å²) in [6, 6.07) is 9.97. The van der Waals surface area contributed by atoms with Crippen LogP contribution in [-0.4, -0.2) is 22.0 Å². The van der Waals surface area contributed by atoms with Crippen molar-refractivity contribution in [3.63, 3.8) is 0 Å². The van der Waals surface area contributed by atoms with Crippen LogP contribution in [0.3, 0.4) is 0 Å². The second-order valence-corrected chi connectivity index (χ2v) is 3.77. The summed E-state index contributed by atoms with van der Waals surface area (Å²) >= 11 is 0. The van der Waals surface area contributed by atoms with Crippen LogP contribution in [0, 0.1) is 0 Å². The molecule has 0 saturated carbocycles. The highest BCUT2D eigenvalue weighted by atomic mass is 35.5. The van der Waals surface area contributed by atoms with Crippen molar-refractivity contribution in [2.75, 3.05) is 12.4 Å². The molecule has 1 aromatic carbocycles. The fourth-order valence-electron chi connectivity index (χ4n) is 1.89. The molecular weight excluding hydrogens is 248 g/mol. The maximum absolute atomic E-state index is 4.56. The lowest BCUT2D eigenvalue weighted by Crippen LogP contribution is -1.92. The van der Waals surface area contributed by atoms with Crippen LogP contribution in [0.5, 0.6) is 0 Å². The zero-order valence-corrected chi connectivity index (χ0v) is 10.7. The van der Waals surface area contributed by atoms with Crippen LogP contribution in [0.15, 0.2) is 42.7 Å². The summed E-state index contributed by atoms with van der Waals surface area (Å²) in [5.41, 5.74) is 4.00. The van der Waals surface area contributed by atoms with Crippen LogP contribution in [0.4, 0.5) is 5.69 Å². The molecule has 0 aliphatic carbocycles. The topological polar surface area (TPSA) is 53.6 Å². The van der Waals surface area contributed by atoms with Crippen LogP contribution in [0.2, 0.25) is 0 Å². The van der Waals surface area contributed by atoms with Crippen LogP contribution in [-0.2, 0) is 0 Å². The molecule has 0 radical (unpaired) electrons. The maximum atomic E-state index is 4.56. The van der Waals surface area contributed by atoms with Gasteiger partial charge in [0.05, 0.1) is 17.2 Å². The Labute approximate surface area is 111 Å². The lowest BCUT2D eigenvalue weighted by molar-refractivity contribution is 1.32. The van der Waals surface area contributed by atoms with Crippen molar-refractivity contribution < 1.29 is 0 Å². The summed E-state index contributed by atoms with van der Waals surface area (Å²) in [5, 5.41) is 3.16. The van der Waals surface area contributed by atoms with Gasteiger partial charge in [-0.15, -0.1) is 12.4 Å². The number of hydrogen-bond acceptors (Lipinski definition) is 3. The first-order valence-electron chi connectivity index (χ1n) is 5.45. The number of pyridine rings is 1. The zero-order valence-electron chi connectivity index (χ0n) is 9.84. The van der Waals surface area contributed by atoms with E-state index in [1.165, 1.54) is 0 Å². The van der Waals surface area contributed by atoms with Crippen molar-refractivity contribution in [3.8, 4) is 11.4 Å². The fourth-order valence-corrected chi connectivity index (χ4v) is 1.89. The highest BCUT2D eigenvalue weighted by molar-refractivity contribution is 5.85. The number of H-pyrrole nitrogens is 1. The van der Waals surface area contributed by atoms with Crippen LogP contribution >= 0.6 is 12.4 Å². The number of imidazole rings is 1. The van der Waals surface area contributed by atoms with Crippen LogP contribution < -0.4 is 5.32 Å². The summed E-state index contributed by atoms with van der Waals surface area (Å²) in [6.45, 7) is 0. The quantitative estimate of drug-likeness (QED) is 0.744. The van der Waals surface area contributed by atoms with E-state index in [2.05, 4.69) is 20.3 Å². The standard InChI is InChI=1S/C13H12N4.ClH/c1-14-10-5-3-2-4-9(10)13-16-11-6-7-15-8-12(11)17-13;/h2-8,14H,1H3,(H,16,17);1H. The van der Waals surface area contributed by atoms with Gasteiger partial charge >= 0.3 is 0 Å². The second kappa shape index (κ2) is 5.06. The minimum atomic E-state index is 0. The number of para-hydroxylation sites is 1. The zero-order chi connectivity index (χ0) is 11.7. The maximum Gasteiger partial charge on any atom is 0.140 e. The molecule has 0 unspecified atom stereocenters. The predicted octanol–water partition coefficient (Wildman–Crippen LogP) is 3.09. The number of anilines is 1. The lowest BCUT2D eigenvalue weighted by atomic mass is 10.1. The summed E-state index contributed by atoms with van der Waals surface area (Å²) in [6.07, 6.45) is 3.53. The molecule has 3 rings (SSSR count). The van der Waals surface area contributed by atoms with Gasteiger partial charge < -0.3 is 10.3 Å². The fraction of sp³-hybridized carbons (Fsp3) is 0.0769. The SMILES string of the molecule is CNc1ccccc1-c1nc2ccncc2[nH]1.Cl. The van der Waals surface area contributed by atoms with E-state index in [1.807, 2.05) is 37.4 Å². The Morgan fingerprint density at radius 3 is 2.78 bits per heavy atom. The third-order valence-electron chi connectivity index (χ3n) is 2.73. The highest BCUT2D eigenvalue weighted by Gasteiger charge is 2.08. The van der Waals surface area contributed by atoms with E-state index in [0.29, 0.717) is 0 Å². The Hall–Kier alpha value is -2.07. The molecule has 0 spiro atoms. The molecule has 0 aliphatic rings. The summed E-state index contributed by atoms with van der Waals surface area (Å²) < 4.78 is 0. The van der Waals surface area contributed by atoms with Gasteiger partial charge in [-0.3, -0.25) is 4.98 Å². The average Bonchev–Trinajstić information content (AvgIpc) is 2.82. The minimum absolute atomic E-state index is 0. The highest BCUT2D eigenvalue weighted by Crippen LogP contribution is 2.26. The molecule has 2 aromatic heterocycles. The van der Waals surface area contributed by atoms with Gasteiger partial charge in [0, 0.05) is 24.5 Å². The molecule has 0 saturated heterocycles. The molecule has 92 valence electrons. The third-order valence-corrected chi connectivity index (χ3v) is 2.73. The predicted molar refractivity (Wildman–Crippen MR) is 76.1 cm³/mol. The summed E-state index contributed by atoms with van der Waals surface area (Å²) in [5.74, 6) is 0.859. The first-order valence-corrected chi connectivity index (χ1v) is 5.45. The van der Waals surface area contributed by atoms with Crippen LogP contribution in [0.1, 0.15) is 0 Å². The van der Waals surface area contributed by atoms with Crippen molar-refractivity contribution in [2.24, 2.45) is 0 Å². The van der Waals surface area contributed by atoms with Gasteiger partial charge in [0.1, 0.15) is 5.82 Å². The third kappa shape index (κ3) is 2.02. The summed E-state index contributed by atoms with van der Waals surface area (Å²) in [4.78, 5) is 11.9. The Morgan fingerprint density at radius 1 is 1.17 bits per heavy atom. The van der Waals surface area contributed by atoms with Gasteiger partial charge in [0.25, 0.3) is 0 Å². The molecule has 0 bridgehead atoms. The molecule has 3 aromatic rings. The Morgan fingerprint density at radius 2 is 2.00 bits per heavy atom. The van der Waals surface area contributed by atoms with Gasteiger partial charge in [-0.2, -0.15) is 0 Å². The molecule has 0 fully saturated rings. The second-order valence-electron chi connectivity index (χ2n) is 3.77. The van der Waals surface area contributed by atoms with Crippen molar-refractivity contribution in [2.45, 2.75) is 0 Å².